The molecule has 0 bridgehead atoms. The van der Waals surface area contributed by atoms with Crippen LogP contribution in [0.3, 0.4) is 0 Å². The Kier molecular flexibility index (Phi) is 6.71. The molecule has 0 aromatic heterocycles. The van der Waals surface area contributed by atoms with E-state index in [1.54, 1.807) is 11.0 Å². The Morgan fingerprint density at radius 1 is 1.10 bits per heavy atom. The van der Waals surface area contributed by atoms with Crippen LogP contribution < -0.4 is 10.2 Å². The second kappa shape index (κ2) is 9.24. The molecule has 1 aromatic carbocycles. The quantitative estimate of drug-likeness (QED) is 0.603. The van der Waals surface area contributed by atoms with Gasteiger partial charge < -0.3 is 15.1 Å². The van der Waals surface area contributed by atoms with Crippen molar-refractivity contribution in [1.29, 1.82) is 0 Å². The van der Waals surface area contributed by atoms with E-state index >= 15 is 0 Å². The third kappa shape index (κ3) is 5.05. The third-order valence-electron chi connectivity index (χ3n) is 5.70. The summed E-state index contributed by atoms with van der Waals surface area (Å²) in [4.78, 5) is 40.2. The van der Waals surface area contributed by atoms with Gasteiger partial charge in [-0.3, -0.25) is 19.7 Å². The van der Waals surface area contributed by atoms with E-state index < -0.39 is 4.92 Å². The van der Waals surface area contributed by atoms with Crippen LogP contribution in [0.4, 0.5) is 11.4 Å². The number of hydrogen-bond donors (Lipinski definition) is 1. The summed E-state index contributed by atoms with van der Waals surface area (Å²) in [6.45, 7) is 6.54. The lowest BCUT2D eigenvalue weighted by Gasteiger charge is -2.34. The molecule has 2 aliphatic heterocycles. The van der Waals surface area contributed by atoms with Gasteiger partial charge in [0.15, 0.2) is 0 Å². The number of hydrogen-bond acceptors (Lipinski definition) is 5. The van der Waals surface area contributed by atoms with Crippen molar-refractivity contribution in [2.45, 2.75) is 52.0 Å². The molecule has 2 saturated heterocycles. The molecule has 29 heavy (non-hydrogen) atoms. The lowest BCUT2D eigenvalue weighted by atomic mass is 9.95. The predicted octanol–water partition coefficient (Wildman–Crippen LogP) is 2.96. The first-order valence-electron chi connectivity index (χ1n) is 10.5. The first kappa shape index (κ1) is 21.1. The van der Waals surface area contributed by atoms with Crippen LogP contribution >= 0.6 is 0 Å². The van der Waals surface area contributed by atoms with Gasteiger partial charge in [0.25, 0.3) is 11.6 Å². The monoisotopic (exact) mass is 402 g/mol. The molecular weight excluding hydrogens is 372 g/mol. The third-order valence-corrected chi connectivity index (χ3v) is 5.70. The molecule has 158 valence electrons. The van der Waals surface area contributed by atoms with E-state index in [2.05, 4.69) is 10.2 Å². The number of amides is 2. The van der Waals surface area contributed by atoms with Crippen LogP contribution in [0, 0.1) is 16.0 Å². The maximum Gasteiger partial charge on any atom is 0.270 e. The number of likely N-dealkylation sites (tertiary alicyclic amines) is 1. The molecule has 2 fully saturated rings. The average molecular weight is 402 g/mol. The standard InChI is InChI=1S/C21H30N4O4/c1-15(2)22-20(26)16-8-12-24(13-9-16)21(27)18-14-17(25(28)29)6-7-19(18)23-10-4-3-5-11-23/h6-7,14-16H,3-5,8-13H2,1-2H3,(H,22,26). The molecule has 0 spiro atoms. The van der Waals surface area contributed by atoms with E-state index in [9.17, 15) is 19.7 Å². The summed E-state index contributed by atoms with van der Waals surface area (Å²) in [6, 6.07) is 4.69. The minimum Gasteiger partial charge on any atom is -0.371 e. The molecule has 8 nitrogen and oxygen atoms in total. The Balaban J connectivity index is 1.76. The fourth-order valence-corrected chi connectivity index (χ4v) is 4.14. The number of benzene rings is 1. The number of carbonyl (C=O) groups excluding carboxylic acids is 2. The summed E-state index contributed by atoms with van der Waals surface area (Å²) in [5, 5.41) is 14.2. The van der Waals surface area contributed by atoms with Crippen LogP contribution in [0.5, 0.6) is 0 Å². The van der Waals surface area contributed by atoms with Crippen molar-refractivity contribution in [1.82, 2.24) is 10.2 Å². The van der Waals surface area contributed by atoms with Crippen molar-refractivity contribution in [3.63, 3.8) is 0 Å². The number of nitro benzene ring substituents is 1. The van der Waals surface area contributed by atoms with Crippen molar-refractivity contribution in [2.24, 2.45) is 5.92 Å². The molecule has 0 aliphatic carbocycles. The molecule has 0 atom stereocenters. The van der Waals surface area contributed by atoms with Gasteiger partial charge in [-0.05, 0) is 52.0 Å². The van der Waals surface area contributed by atoms with E-state index in [0.29, 0.717) is 31.5 Å². The topological polar surface area (TPSA) is 95.8 Å². The summed E-state index contributed by atoms with van der Waals surface area (Å²) in [5.74, 6) is -0.235. The minimum atomic E-state index is -0.459. The molecule has 3 rings (SSSR count). The first-order valence-corrected chi connectivity index (χ1v) is 10.5. The number of rotatable bonds is 5. The smallest absolute Gasteiger partial charge is 0.270 e. The van der Waals surface area contributed by atoms with Crippen molar-refractivity contribution in [3.8, 4) is 0 Å². The number of piperidine rings is 2. The summed E-state index contributed by atoms with van der Waals surface area (Å²) in [5.41, 5.74) is 1.10. The van der Waals surface area contributed by atoms with Crippen LogP contribution in [0.1, 0.15) is 56.3 Å². The zero-order valence-corrected chi connectivity index (χ0v) is 17.2. The van der Waals surface area contributed by atoms with Crippen LogP contribution in [0.2, 0.25) is 0 Å². The highest BCUT2D eigenvalue weighted by molar-refractivity contribution is 6.00. The van der Waals surface area contributed by atoms with Gasteiger partial charge >= 0.3 is 0 Å². The van der Waals surface area contributed by atoms with E-state index in [-0.39, 0.29) is 29.5 Å². The normalized spacial score (nSPS) is 18.0. The molecular formula is C21H30N4O4. The number of non-ortho nitro benzene ring substituents is 1. The van der Waals surface area contributed by atoms with Gasteiger partial charge in [-0.25, -0.2) is 0 Å². The second-order valence-electron chi connectivity index (χ2n) is 8.24. The summed E-state index contributed by atoms with van der Waals surface area (Å²) < 4.78 is 0. The van der Waals surface area contributed by atoms with Gasteiger partial charge in [0.2, 0.25) is 5.91 Å². The number of nitro groups is 1. The van der Waals surface area contributed by atoms with Gasteiger partial charge in [0, 0.05) is 50.3 Å². The van der Waals surface area contributed by atoms with Gasteiger partial charge in [0.05, 0.1) is 16.2 Å². The summed E-state index contributed by atoms with van der Waals surface area (Å²) in [6.07, 6.45) is 4.50. The van der Waals surface area contributed by atoms with Crippen LogP contribution in [0.25, 0.3) is 0 Å². The Morgan fingerprint density at radius 2 is 1.76 bits per heavy atom. The fourth-order valence-electron chi connectivity index (χ4n) is 4.14. The molecule has 2 aliphatic rings. The number of carbonyl (C=O) groups is 2. The lowest BCUT2D eigenvalue weighted by Crippen LogP contribution is -2.44. The molecule has 2 amide bonds. The fraction of sp³-hybridized carbons (Fsp3) is 0.619. The minimum absolute atomic E-state index is 0.0384. The van der Waals surface area contributed by atoms with E-state index in [0.717, 1.165) is 31.6 Å². The van der Waals surface area contributed by atoms with Gasteiger partial charge in [-0.2, -0.15) is 0 Å². The molecule has 2 heterocycles. The Labute approximate surface area is 171 Å². The van der Waals surface area contributed by atoms with Gasteiger partial charge in [-0.1, -0.05) is 0 Å². The van der Waals surface area contributed by atoms with Crippen molar-refractivity contribution in [2.75, 3.05) is 31.1 Å². The van der Waals surface area contributed by atoms with Crippen LogP contribution in [0.15, 0.2) is 18.2 Å². The molecule has 1 aromatic rings. The van der Waals surface area contributed by atoms with Crippen molar-refractivity contribution in [3.05, 3.63) is 33.9 Å². The highest BCUT2D eigenvalue weighted by Crippen LogP contribution is 2.30. The number of nitrogens with zero attached hydrogens (tertiary/aromatic N) is 3. The molecule has 0 unspecified atom stereocenters. The highest BCUT2D eigenvalue weighted by atomic mass is 16.6. The zero-order chi connectivity index (χ0) is 21.0. The maximum atomic E-state index is 13.3. The van der Waals surface area contributed by atoms with Crippen molar-refractivity contribution < 1.29 is 14.5 Å². The largest absolute Gasteiger partial charge is 0.371 e. The molecule has 0 radical (unpaired) electrons. The SMILES string of the molecule is CC(C)NC(=O)C1CCN(C(=O)c2cc([N+](=O)[O-])ccc2N2CCCCC2)CC1. The summed E-state index contributed by atoms with van der Waals surface area (Å²) >= 11 is 0. The Bertz CT molecular complexity index is 766. The predicted molar refractivity (Wildman–Crippen MR) is 111 cm³/mol. The highest BCUT2D eigenvalue weighted by Gasteiger charge is 2.30. The van der Waals surface area contributed by atoms with E-state index in [1.165, 1.54) is 18.6 Å². The Hall–Kier alpha value is -2.64. The molecule has 8 heteroatoms. The maximum absolute atomic E-state index is 13.3. The Morgan fingerprint density at radius 3 is 2.34 bits per heavy atom. The van der Waals surface area contributed by atoms with Gasteiger partial charge in [0.1, 0.15) is 0 Å². The van der Waals surface area contributed by atoms with E-state index in [1.807, 2.05) is 13.8 Å². The number of nitrogens with one attached hydrogen (secondary N) is 1. The second-order valence-corrected chi connectivity index (χ2v) is 8.24. The van der Waals surface area contributed by atoms with Crippen LogP contribution in [-0.4, -0.2) is 53.9 Å². The van der Waals surface area contributed by atoms with E-state index in [4.69, 9.17) is 0 Å². The molecule has 1 N–H and O–H groups in total. The first-order chi connectivity index (χ1) is 13.9. The van der Waals surface area contributed by atoms with Gasteiger partial charge in [-0.15, -0.1) is 0 Å². The summed E-state index contributed by atoms with van der Waals surface area (Å²) in [7, 11) is 0. The lowest BCUT2D eigenvalue weighted by molar-refractivity contribution is -0.384. The van der Waals surface area contributed by atoms with Crippen LogP contribution in [-0.2, 0) is 4.79 Å². The average Bonchev–Trinajstić information content (AvgIpc) is 2.73. The van der Waals surface area contributed by atoms with Crippen molar-refractivity contribution >= 4 is 23.2 Å². The molecule has 0 saturated carbocycles. The zero-order valence-electron chi connectivity index (χ0n) is 17.2. The number of anilines is 1.